The van der Waals surface area contributed by atoms with Crippen LogP contribution in [0, 0.1) is 5.92 Å². The molecular weight excluding hydrogens is 212 g/mol. The molecule has 1 fully saturated rings. The van der Waals surface area contributed by atoms with Crippen molar-refractivity contribution in [2.45, 2.75) is 25.9 Å². The molecule has 0 spiro atoms. The van der Waals surface area contributed by atoms with E-state index in [4.69, 9.17) is 0 Å². The Morgan fingerprint density at radius 1 is 1.47 bits per heavy atom. The van der Waals surface area contributed by atoms with Crippen LogP contribution < -0.4 is 10.6 Å². The van der Waals surface area contributed by atoms with E-state index in [0.717, 1.165) is 30.9 Å². The maximum Gasteiger partial charge on any atom is 0.0781 e. The second-order valence-corrected chi connectivity index (χ2v) is 4.86. The summed E-state index contributed by atoms with van der Waals surface area (Å²) in [6.45, 7) is 5.05. The predicted octanol–water partition coefficient (Wildman–Crippen LogP) is 2.15. The normalized spacial score (nSPS) is 22.1. The van der Waals surface area contributed by atoms with Crippen LogP contribution in [0.5, 0.6) is 0 Å². The van der Waals surface area contributed by atoms with Gasteiger partial charge in [-0.2, -0.15) is 0 Å². The molecule has 17 heavy (non-hydrogen) atoms. The van der Waals surface area contributed by atoms with E-state index in [1.807, 2.05) is 31.2 Å². The molecule has 0 radical (unpaired) electrons. The second kappa shape index (κ2) is 6.03. The van der Waals surface area contributed by atoms with E-state index in [1.54, 1.807) is 0 Å². The van der Waals surface area contributed by atoms with Gasteiger partial charge in [-0.05, 0) is 44.8 Å². The van der Waals surface area contributed by atoms with Crippen molar-refractivity contribution in [2.75, 3.05) is 25.0 Å². The van der Waals surface area contributed by atoms with Crippen LogP contribution >= 0.6 is 0 Å². The first-order chi connectivity index (χ1) is 8.27. The Morgan fingerprint density at radius 2 is 2.29 bits per heavy atom. The van der Waals surface area contributed by atoms with Gasteiger partial charge < -0.3 is 15.7 Å². The van der Waals surface area contributed by atoms with Gasteiger partial charge in [-0.25, -0.2) is 0 Å². The van der Waals surface area contributed by atoms with Crippen LogP contribution in [0.1, 0.15) is 31.4 Å². The molecule has 1 saturated heterocycles. The summed E-state index contributed by atoms with van der Waals surface area (Å²) in [5.41, 5.74) is 2.05. The number of aliphatic hydroxyl groups excluding tert-OH is 1. The van der Waals surface area contributed by atoms with Crippen molar-refractivity contribution in [3.8, 4) is 0 Å². The summed E-state index contributed by atoms with van der Waals surface area (Å²) in [5, 5.41) is 16.6. The first-order valence-corrected chi connectivity index (χ1v) is 6.49. The maximum atomic E-state index is 9.69. The Kier molecular flexibility index (Phi) is 4.40. The van der Waals surface area contributed by atoms with Crippen LogP contribution in [0.2, 0.25) is 0 Å². The Labute approximate surface area is 103 Å². The van der Waals surface area contributed by atoms with Crippen LogP contribution in [0.3, 0.4) is 0 Å². The molecule has 0 bridgehead atoms. The zero-order chi connectivity index (χ0) is 12.1. The molecule has 1 aromatic carbocycles. The molecule has 2 rings (SSSR count). The predicted molar refractivity (Wildman–Crippen MR) is 71.2 cm³/mol. The minimum absolute atomic E-state index is 0.414. The lowest BCUT2D eigenvalue weighted by Crippen LogP contribution is -2.33. The number of anilines is 1. The molecule has 3 nitrogen and oxygen atoms in total. The highest BCUT2D eigenvalue weighted by atomic mass is 16.3. The zero-order valence-corrected chi connectivity index (χ0v) is 10.4. The molecule has 0 aliphatic carbocycles. The van der Waals surface area contributed by atoms with Crippen molar-refractivity contribution in [1.29, 1.82) is 0 Å². The maximum absolute atomic E-state index is 9.69. The SMILES string of the molecule is CC(O)c1ccccc1NCC1CCCNC1. The largest absolute Gasteiger partial charge is 0.389 e. The fraction of sp³-hybridized carbons (Fsp3) is 0.571. The number of aliphatic hydroxyl groups is 1. The standard InChI is InChI=1S/C14H22N2O/c1-11(17)13-6-2-3-7-14(13)16-10-12-5-4-8-15-9-12/h2-3,6-7,11-12,15-17H,4-5,8-10H2,1H3. The summed E-state index contributed by atoms with van der Waals surface area (Å²) in [7, 11) is 0. The summed E-state index contributed by atoms with van der Waals surface area (Å²) in [5.74, 6) is 0.700. The van der Waals surface area contributed by atoms with Gasteiger partial charge in [-0.3, -0.25) is 0 Å². The molecule has 94 valence electrons. The van der Waals surface area contributed by atoms with E-state index >= 15 is 0 Å². The molecule has 3 heteroatoms. The van der Waals surface area contributed by atoms with Crippen molar-refractivity contribution in [3.63, 3.8) is 0 Å². The fourth-order valence-corrected chi connectivity index (χ4v) is 2.37. The van der Waals surface area contributed by atoms with Gasteiger partial charge in [0, 0.05) is 17.8 Å². The van der Waals surface area contributed by atoms with Gasteiger partial charge in [-0.15, -0.1) is 0 Å². The van der Waals surface area contributed by atoms with Crippen LogP contribution in [-0.4, -0.2) is 24.7 Å². The van der Waals surface area contributed by atoms with Gasteiger partial charge in [0.05, 0.1) is 6.10 Å². The number of rotatable bonds is 4. The number of piperidine rings is 1. The average molecular weight is 234 g/mol. The summed E-state index contributed by atoms with van der Waals surface area (Å²) >= 11 is 0. The van der Waals surface area contributed by atoms with E-state index in [2.05, 4.69) is 10.6 Å². The Bertz CT molecular complexity index is 346. The number of hydrogen-bond donors (Lipinski definition) is 3. The van der Waals surface area contributed by atoms with Crippen molar-refractivity contribution in [3.05, 3.63) is 29.8 Å². The lowest BCUT2D eigenvalue weighted by molar-refractivity contribution is 0.200. The van der Waals surface area contributed by atoms with Gasteiger partial charge in [0.2, 0.25) is 0 Å². The minimum Gasteiger partial charge on any atom is -0.389 e. The summed E-state index contributed by atoms with van der Waals surface area (Å²) in [6.07, 6.45) is 2.14. The smallest absolute Gasteiger partial charge is 0.0781 e. The number of hydrogen-bond acceptors (Lipinski definition) is 3. The van der Waals surface area contributed by atoms with Gasteiger partial charge >= 0.3 is 0 Å². The van der Waals surface area contributed by atoms with Gasteiger partial charge in [0.1, 0.15) is 0 Å². The zero-order valence-electron chi connectivity index (χ0n) is 10.4. The van der Waals surface area contributed by atoms with Crippen LogP contribution in [0.15, 0.2) is 24.3 Å². The lowest BCUT2D eigenvalue weighted by atomic mass is 9.99. The molecule has 1 aliphatic rings. The van der Waals surface area contributed by atoms with E-state index in [-0.39, 0.29) is 0 Å². The molecule has 2 unspecified atom stereocenters. The van der Waals surface area contributed by atoms with E-state index < -0.39 is 6.10 Å². The number of nitrogens with one attached hydrogen (secondary N) is 2. The molecule has 1 aliphatic heterocycles. The van der Waals surface area contributed by atoms with E-state index in [9.17, 15) is 5.11 Å². The minimum atomic E-state index is -0.414. The molecule has 1 aromatic rings. The number of para-hydroxylation sites is 1. The Morgan fingerprint density at radius 3 is 3.00 bits per heavy atom. The van der Waals surface area contributed by atoms with Crippen LogP contribution in [-0.2, 0) is 0 Å². The first-order valence-electron chi connectivity index (χ1n) is 6.49. The molecule has 0 amide bonds. The van der Waals surface area contributed by atoms with E-state index in [1.165, 1.54) is 12.8 Å². The van der Waals surface area contributed by atoms with Crippen LogP contribution in [0.4, 0.5) is 5.69 Å². The molecule has 0 saturated carbocycles. The van der Waals surface area contributed by atoms with Crippen molar-refractivity contribution < 1.29 is 5.11 Å². The Balaban J connectivity index is 1.93. The average Bonchev–Trinajstić information content (AvgIpc) is 2.38. The van der Waals surface area contributed by atoms with Gasteiger partial charge in [0.15, 0.2) is 0 Å². The molecular formula is C14H22N2O. The third-order valence-electron chi connectivity index (χ3n) is 3.39. The second-order valence-electron chi connectivity index (χ2n) is 4.86. The summed E-state index contributed by atoms with van der Waals surface area (Å²) < 4.78 is 0. The first kappa shape index (κ1) is 12.4. The topological polar surface area (TPSA) is 44.3 Å². The monoisotopic (exact) mass is 234 g/mol. The quantitative estimate of drug-likeness (QED) is 0.748. The molecule has 0 aromatic heterocycles. The summed E-state index contributed by atoms with van der Waals surface area (Å²) in [4.78, 5) is 0. The third kappa shape index (κ3) is 3.45. The van der Waals surface area contributed by atoms with Crippen LogP contribution in [0.25, 0.3) is 0 Å². The molecule has 1 heterocycles. The van der Waals surface area contributed by atoms with Crippen molar-refractivity contribution >= 4 is 5.69 Å². The lowest BCUT2D eigenvalue weighted by Gasteiger charge is -2.24. The highest BCUT2D eigenvalue weighted by molar-refractivity contribution is 5.52. The molecule has 3 N–H and O–H groups in total. The highest BCUT2D eigenvalue weighted by Crippen LogP contribution is 2.23. The van der Waals surface area contributed by atoms with E-state index in [0.29, 0.717) is 5.92 Å². The number of benzene rings is 1. The Hall–Kier alpha value is -1.06. The summed E-state index contributed by atoms with van der Waals surface area (Å²) in [6, 6.07) is 7.99. The van der Waals surface area contributed by atoms with Gasteiger partial charge in [0.25, 0.3) is 0 Å². The fourth-order valence-electron chi connectivity index (χ4n) is 2.37. The highest BCUT2D eigenvalue weighted by Gasteiger charge is 2.13. The van der Waals surface area contributed by atoms with Gasteiger partial charge in [-0.1, -0.05) is 18.2 Å². The molecule has 2 atom stereocenters. The van der Waals surface area contributed by atoms with Crippen molar-refractivity contribution in [1.82, 2.24) is 5.32 Å². The van der Waals surface area contributed by atoms with Crippen molar-refractivity contribution in [2.24, 2.45) is 5.92 Å². The third-order valence-corrected chi connectivity index (χ3v) is 3.39.